The van der Waals surface area contributed by atoms with E-state index in [9.17, 15) is 0 Å². The zero-order chi connectivity index (χ0) is 5.40. The summed E-state index contributed by atoms with van der Waals surface area (Å²) in [6, 6.07) is 0. The number of hydrogen-bond donors (Lipinski definition) is 0. The van der Waals surface area contributed by atoms with Gasteiger partial charge in [0.15, 0.2) is 0 Å². The highest BCUT2D eigenvalue weighted by atomic mass is 16.5. The number of rotatable bonds is 0. The Bertz CT molecular complexity index is 124. The Morgan fingerprint density at radius 1 is 1.50 bits per heavy atom. The standard InChI is InChI=1S/C7H10O/c1-2-6-4-5-7(3-1)8-6/h2,7H,1,3-5H2. The molecule has 2 bridgehead atoms. The molecule has 1 heteroatoms. The minimum atomic E-state index is 0.593. The molecule has 2 aliphatic heterocycles. The lowest BCUT2D eigenvalue weighted by Crippen LogP contribution is -2.05. The molecule has 0 spiro atoms. The van der Waals surface area contributed by atoms with E-state index in [1.807, 2.05) is 0 Å². The number of fused-ring (bicyclic) bond motifs is 2. The largest absolute Gasteiger partial charge is 0.495 e. The monoisotopic (exact) mass is 110 g/mol. The van der Waals surface area contributed by atoms with Crippen LogP contribution >= 0.6 is 0 Å². The minimum absolute atomic E-state index is 0.593. The molecule has 1 saturated heterocycles. The molecule has 0 saturated carbocycles. The molecule has 0 aromatic rings. The van der Waals surface area contributed by atoms with Crippen LogP contribution in [0.1, 0.15) is 25.7 Å². The summed E-state index contributed by atoms with van der Waals surface area (Å²) in [6.07, 6.45) is 7.79. The Labute approximate surface area is 49.3 Å². The molecule has 0 aromatic heterocycles. The Morgan fingerprint density at radius 3 is 3.25 bits per heavy atom. The van der Waals surface area contributed by atoms with Crippen molar-refractivity contribution in [3.8, 4) is 0 Å². The van der Waals surface area contributed by atoms with Gasteiger partial charge in [0.25, 0.3) is 0 Å². The van der Waals surface area contributed by atoms with E-state index in [0.29, 0.717) is 6.10 Å². The van der Waals surface area contributed by atoms with E-state index in [4.69, 9.17) is 4.74 Å². The Kier molecular flexibility index (Phi) is 0.833. The molecule has 0 radical (unpaired) electrons. The van der Waals surface area contributed by atoms with Gasteiger partial charge in [-0.05, 0) is 25.3 Å². The second-order valence-corrected chi connectivity index (χ2v) is 2.53. The highest BCUT2D eigenvalue weighted by Gasteiger charge is 2.22. The van der Waals surface area contributed by atoms with Crippen LogP contribution in [-0.2, 0) is 4.74 Å². The van der Waals surface area contributed by atoms with Crippen molar-refractivity contribution >= 4 is 0 Å². The van der Waals surface area contributed by atoms with Crippen LogP contribution in [0.25, 0.3) is 0 Å². The highest BCUT2D eigenvalue weighted by molar-refractivity contribution is 5.03. The fourth-order valence-corrected chi connectivity index (χ4v) is 1.42. The lowest BCUT2D eigenvalue weighted by atomic mass is 10.2. The summed E-state index contributed by atoms with van der Waals surface area (Å²) < 4.78 is 5.46. The van der Waals surface area contributed by atoms with Gasteiger partial charge in [0, 0.05) is 6.42 Å². The third-order valence-corrected chi connectivity index (χ3v) is 1.89. The third kappa shape index (κ3) is 0.540. The molecule has 44 valence electrons. The van der Waals surface area contributed by atoms with Crippen LogP contribution in [0.5, 0.6) is 0 Å². The van der Waals surface area contributed by atoms with Crippen molar-refractivity contribution in [2.24, 2.45) is 0 Å². The summed E-state index contributed by atoms with van der Waals surface area (Å²) in [5.74, 6) is 1.25. The third-order valence-electron chi connectivity index (χ3n) is 1.89. The summed E-state index contributed by atoms with van der Waals surface area (Å²) in [5, 5.41) is 0. The van der Waals surface area contributed by atoms with Gasteiger partial charge in [-0.2, -0.15) is 0 Å². The molecular formula is C7H10O. The molecule has 0 aliphatic carbocycles. The van der Waals surface area contributed by atoms with Gasteiger partial charge in [-0.1, -0.05) is 0 Å². The van der Waals surface area contributed by atoms with Crippen molar-refractivity contribution in [1.29, 1.82) is 0 Å². The Morgan fingerprint density at radius 2 is 2.50 bits per heavy atom. The molecule has 0 amide bonds. The van der Waals surface area contributed by atoms with Gasteiger partial charge in [-0.25, -0.2) is 0 Å². The number of ether oxygens (including phenoxy) is 1. The van der Waals surface area contributed by atoms with Crippen molar-refractivity contribution in [1.82, 2.24) is 0 Å². The van der Waals surface area contributed by atoms with E-state index in [1.54, 1.807) is 0 Å². The van der Waals surface area contributed by atoms with E-state index in [-0.39, 0.29) is 0 Å². The van der Waals surface area contributed by atoms with Gasteiger partial charge >= 0.3 is 0 Å². The smallest absolute Gasteiger partial charge is 0.0989 e. The van der Waals surface area contributed by atoms with Crippen LogP contribution in [0.2, 0.25) is 0 Å². The molecule has 2 aliphatic rings. The fourth-order valence-electron chi connectivity index (χ4n) is 1.42. The van der Waals surface area contributed by atoms with Gasteiger partial charge in [0.1, 0.15) is 0 Å². The van der Waals surface area contributed by atoms with Crippen LogP contribution in [0, 0.1) is 0 Å². The molecule has 1 atom stereocenters. The van der Waals surface area contributed by atoms with Gasteiger partial charge < -0.3 is 4.74 Å². The first-order chi connectivity index (χ1) is 3.95. The van der Waals surface area contributed by atoms with Crippen LogP contribution in [0.4, 0.5) is 0 Å². The molecule has 0 aromatic carbocycles. The zero-order valence-electron chi connectivity index (χ0n) is 4.89. The Balaban J connectivity index is 2.22. The van der Waals surface area contributed by atoms with Crippen molar-refractivity contribution in [3.05, 3.63) is 11.8 Å². The van der Waals surface area contributed by atoms with Gasteiger partial charge in [0.05, 0.1) is 11.9 Å². The molecule has 1 unspecified atom stereocenters. The zero-order valence-corrected chi connectivity index (χ0v) is 4.89. The summed E-state index contributed by atoms with van der Waals surface area (Å²) in [7, 11) is 0. The van der Waals surface area contributed by atoms with E-state index in [1.165, 1.54) is 31.4 Å². The molecule has 8 heavy (non-hydrogen) atoms. The van der Waals surface area contributed by atoms with E-state index >= 15 is 0 Å². The first kappa shape index (κ1) is 4.42. The first-order valence-electron chi connectivity index (χ1n) is 3.31. The van der Waals surface area contributed by atoms with E-state index in [2.05, 4.69) is 6.08 Å². The SMILES string of the molecule is C1=C2CCC(CC1)O2. The summed E-state index contributed by atoms with van der Waals surface area (Å²) in [5.41, 5.74) is 0. The molecular weight excluding hydrogens is 100 g/mol. The lowest BCUT2D eigenvalue weighted by Gasteiger charge is -2.12. The predicted molar refractivity (Wildman–Crippen MR) is 31.4 cm³/mol. The maximum absolute atomic E-state index is 5.46. The van der Waals surface area contributed by atoms with Crippen LogP contribution < -0.4 is 0 Å². The first-order valence-corrected chi connectivity index (χ1v) is 3.31. The average Bonchev–Trinajstić information content (AvgIpc) is 2.12. The highest BCUT2D eigenvalue weighted by Crippen LogP contribution is 2.30. The molecule has 2 rings (SSSR count). The van der Waals surface area contributed by atoms with Crippen molar-refractivity contribution < 1.29 is 4.74 Å². The second-order valence-electron chi connectivity index (χ2n) is 2.53. The van der Waals surface area contributed by atoms with Crippen molar-refractivity contribution in [2.45, 2.75) is 31.8 Å². The van der Waals surface area contributed by atoms with Crippen LogP contribution in [0.3, 0.4) is 0 Å². The Hall–Kier alpha value is -0.460. The van der Waals surface area contributed by atoms with E-state index < -0.39 is 0 Å². The number of allylic oxidation sites excluding steroid dienone is 2. The normalized spacial score (nSPS) is 34.0. The summed E-state index contributed by atoms with van der Waals surface area (Å²) in [6.45, 7) is 0. The van der Waals surface area contributed by atoms with Crippen LogP contribution in [-0.4, -0.2) is 6.10 Å². The average molecular weight is 110 g/mol. The predicted octanol–water partition coefficient (Wildman–Crippen LogP) is 1.84. The maximum Gasteiger partial charge on any atom is 0.0989 e. The molecule has 1 nitrogen and oxygen atoms in total. The number of hydrogen-bond acceptors (Lipinski definition) is 1. The molecule has 1 fully saturated rings. The summed E-state index contributed by atoms with van der Waals surface area (Å²) in [4.78, 5) is 0. The van der Waals surface area contributed by atoms with Crippen molar-refractivity contribution in [3.63, 3.8) is 0 Å². The molecule has 0 N–H and O–H groups in total. The van der Waals surface area contributed by atoms with Gasteiger partial charge in [-0.3, -0.25) is 0 Å². The quantitative estimate of drug-likeness (QED) is 0.462. The fraction of sp³-hybridized carbons (Fsp3) is 0.714. The maximum atomic E-state index is 5.46. The topological polar surface area (TPSA) is 9.23 Å². The van der Waals surface area contributed by atoms with E-state index in [0.717, 1.165) is 0 Å². The van der Waals surface area contributed by atoms with Crippen LogP contribution in [0.15, 0.2) is 11.8 Å². The lowest BCUT2D eigenvalue weighted by molar-refractivity contribution is 0.139. The summed E-state index contributed by atoms with van der Waals surface area (Å²) >= 11 is 0. The molecule has 2 heterocycles. The minimum Gasteiger partial charge on any atom is -0.495 e. The van der Waals surface area contributed by atoms with Crippen molar-refractivity contribution in [2.75, 3.05) is 0 Å². The van der Waals surface area contributed by atoms with Gasteiger partial charge in [0.2, 0.25) is 0 Å². The van der Waals surface area contributed by atoms with Gasteiger partial charge in [-0.15, -0.1) is 0 Å². The second kappa shape index (κ2) is 1.51.